The normalized spacial score (nSPS) is 27.6. The van der Waals surface area contributed by atoms with Gasteiger partial charge in [-0.25, -0.2) is 4.99 Å². The van der Waals surface area contributed by atoms with Gasteiger partial charge in [0.1, 0.15) is 6.54 Å². The average Bonchev–Trinajstić information content (AvgIpc) is 3.27. The second-order valence-electron chi connectivity index (χ2n) is 6.73. The standard InChI is InChI=1S/C16H28N4O2.HI/c1-2-17-15(18-11-14(21)19-7-3-4-8-19)20-9-5-16(12-20)6-10-22-13-16;/h2-13H2,1H3,(H,17,18);1H. The number of hydrogen-bond acceptors (Lipinski definition) is 3. The van der Waals surface area contributed by atoms with E-state index < -0.39 is 0 Å². The van der Waals surface area contributed by atoms with Crippen molar-refractivity contribution in [3.05, 3.63) is 0 Å². The number of rotatable bonds is 3. The van der Waals surface area contributed by atoms with Crippen molar-refractivity contribution >= 4 is 35.8 Å². The molecule has 23 heavy (non-hydrogen) atoms. The topological polar surface area (TPSA) is 57.2 Å². The van der Waals surface area contributed by atoms with Gasteiger partial charge in [0, 0.05) is 44.7 Å². The average molecular weight is 436 g/mol. The molecule has 0 saturated carbocycles. The lowest BCUT2D eigenvalue weighted by Gasteiger charge is -2.25. The lowest BCUT2D eigenvalue weighted by Crippen LogP contribution is -2.42. The van der Waals surface area contributed by atoms with Crippen molar-refractivity contribution in [2.24, 2.45) is 10.4 Å². The molecule has 3 saturated heterocycles. The number of carbonyl (C=O) groups excluding carboxylic acids is 1. The van der Waals surface area contributed by atoms with Gasteiger partial charge in [0.25, 0.3) is 0 Å². The summed E-state index contributed by atoms with van der Waals surface area (Å²) >= 11 is 0. The van der Waals surface area contributed by atoms with E-state index in [9.17, 15) is 4.79 Å². The maximum Gasteiger partial charge on any atom is 0.244 e. The van der Waals surface area contributed by atoms with Gasteiger partial charge >= 0.3 is 0 Å². The fraction of sp³-hybridized carbons (Fsp3) is 0.875. The van der Waals surface area contributed by atoms with Crippen LogP contribution < -0.4 is 5.32 Å². The molecule has 3 fully saturated rings. The number of nitrogens with zero attached hydrogens (tertiary/aromatic N) is 3. The van der Waals surface area contributed by atoms with Crippen LogP contribution in [0.25, 0.3) is 0 Å². The number of hydrogen-bond donors (Lipinski definition) is 1. The van der Waals surface area contributed by atoms with Gasteiger partial charge in [-0.15, -0.1) is 24.0 Å². The molecule has 3 aliphatic heterocycles. The number of likely N-dealkylation sites (tertiary alicyclic amines) is 2. The van der Waals surface area contributed by atoms with Gasteiger partial charge in [-0.2, -0.15) is 0 Å². The van der Waals surface area contributed by atoms with Crippen molar-refractivity contribution in [3.8, 4) is 0 Å². The van der Waals surface area contributed by atoms with Gasteiger partial charge in [0.2, 0.25) is 5.91 Å². The maximum atomic E-state index is 12.2. The molecule has 1 unspecified atom stereocenters. The first kappa shape index (κ1) is 18.8. The predicted octanol–water partition coefficient (Wildman–Crippen LogP) is 1.30. The highest BCUT2D eigenvalue weighted by Gasteiger charge is 2.42. The van der Waals surface area contributed by atoms with E-state index in [1.54, 1.807) is 0 Å². The summed E-state index contributed by atoms with van der Waals surface area (Å²) < 4.78 is 5.59. The van der Waals surface area contributed by atoms with Gasteiger partial charge < -0.3 is 19.9 Å². The molecule has 0 bridgehead atoms. The summed E-state index contributed by atoms with van der Waals surface area (Å²) in [6.45, 7) is 8.72. The van der Waals surface area contributed by atoms with Gasteiger partial charge in [0.15, 0.2) is 5.96 Å². The molecule has 1 N–H and O–H groups in total. The Hall–Kier alpha value is -0.570. The summed E-state index contributed by atoms with van der Waals surface area (Å²) in [5.74, 6) is 1.05. The Kier molecular flexibility index (Phi) is 6.94. The summed E-state index contributed by atoms with van der Waals surface area (Å²) in [7, 11) is 0. The summed E-state index contributed by atoms with van der Waals surface area (Å²) in [6.07, 6.45) is 4.57. The summed E-state index contributed by atoms with van der Waals surface area (Å²) in [4.78, 5) is 21.0. The first-order valence-electron chi connectivity index (χ1n) is 8.61. The maximum absolute atomic E-state index is 12.2. The molecule has 0 aromatic rings. The molecular weight excluding hydrogens is 407 g/mol. The minimum absolute atomic E-state index is 0. The fourth-order valence-corrected chi connectivity index (χ4v) is 3.72. The molecule has 1 amide bonds. The van der Waals surface area contributed by atoms with E-state index in [1.165, 1.54) is 0 Å². The Morgan fingerprint density at radius 1 is 1.22 bits per heavy atom. The van der Waals surface area contributed by atoms with Crippen LogP contribution in [0, 0.1) is 5.41 Å². The molecule has 0 aromatic carbocycles. The van der Waals surface area contributed by atoms with Crippen LogP contribution in [0.15, 0.2) is 4.99 Å². The van der Waals surface area contributed by atoms with Crippen LogP contribution in [0.1, 0.15) is 32.6 Å². The minimum Gasteiger partial charge on any atom is -0.381 e. The van der Waals surface area contributed by atoms with Crippen molar-refractivity contribution in [3.63, 3.8) is 0 Å². The van der Waals surface area contributed by atoms with Crippen molar-refractivity contribution in [2.75, 3.05) is 52.5 Å². The smallest absolute Gasteiger partial charge is 0.244 e. The Morgan fingerprint density at radius 3 is 2.65 bits per heavy atom. The Morgan fingerprint density at radius 2 is 2.00 bits per heavy atom. The number of carbonyl (C=O) groups is 1. The molecule has 132 valence electrons. The van der Waals surface area contributed by atoms with Crippen molar-refractivity contribution in [1.82, 2.24) is 15.1 Å². The van der Waals surface area contributed by atoms with Crippen LogP contribution >= 0.6 is 24.0 Å². The van der Waals surface area contributed by atoms with E-state index in [0.717, 1.165) is 77.6 Å². The molecule has 0 radical (unpaired) electrons. The van der Waals surface area contributed by atoms with Crippen LogP contribution in [-0.2, 0) is 9.53 Å². The SMILES string of the molecule is CCNC(=NCC(=O)N1CCCC1)N1CCC2(CCOC2)C1.I. The predicted molar refractivity (Wildman–Crippen MR) is 101 cm³/mol. The van der Waals surface area contributed by atoms with Gasteiger partial charge in [-0.1, -0.05) is 0 Å². The summed E-state index contributed by atoms with van der Waals surface area (Å²) in [6, 6.07) is 0. The zero-order chi connectivity index (χ0) is 15.4. The Balaban J connectivity index is 0.00000192. The number of amides is 1. The highest BCUT2D eigenvalue weighted by molar-refractivity contribution is 14.0. The van der Waals surface area contributed by atoms with E-state index in [4.69, 9.17) is 4.74 Å². The number of halogens is 1. The van der Waals surface area contributed by atoms with Crippen LogP contribution in [0.5, 0.6) is 0 Å². The van der Waals surface area contributed by atoms with Crippen LogP contribution in [0.3, 0.4) is 0 Å². The number of ether oxygens (including phenoxy) is 1. The second kappa shape index (κ2) is 8.50. The lowest BCUT2D eigenvalue weighted by atomic mass is 9.87. The van der Waals surface area contributed by atoms with Crippen molar-refractivity contribution in [2.45, 2.75) is 32.6 Å². The highest BCUT2D eigenvalue weighted by atomic mass is 127. The van der Waals surface area contributed by atoms with Crippen LogP contribution in [-0.4, -0.2) is 74.1 Å². The molecule has 6 nitrogen and oxygen atoms in total. The third-order valence-electron chi connectivity index (χ3n) is 5.08. The lowest BCUT2D eigenvalue weighted by molar-refractivity contribution is -0.128. The fourth-order valence-electron chi connectivity index (χ4n) is 3.72. The van der Waals surface area contributed by atoms with Gasteiger partial charge in [-0.3, -0.25) is 4.79 Å². The molecule has 1 atom stereocenters. The molecule has 0 aliphatic carbocycles. The number of guanidine groups is 1. The zero-order valence-electron chi connectivity index (χ0n) is 14.1. The van der Waals surface area contributed by atoms with Gasteiger partial charge in [-0.05, 0) is 32.6 Å². The monoisotopic (exact) mass is 436 g/mol. The molecule has 7 heteroatoms. The quantitative estimate of drug-likeness (QED) is 0.412. The van der Waals surface area contributed by atoms with Gasteiger partial charge in [0.05, 0.1) is 6.61 Å². The molecule has 3 heterocycles. The minimum atomic E-state index is 0. The third kappa shape index (κ3) is 4.49. The van der Waals surface area contributed by atoms with E-state index in [0.29, 0.717) is 5.41 Å². The van der Waals surface area contributed by atoms with E-state index in [1.807, 2.05) is 4.90 Å². The van der Waals surface area contributed by atoms with E-state index >= 15 is 0 Å². The zero-order valence-corrected chi connectivity index (χ0v) is 16.4. The largest absolute Gasteiger partial charge is 0.381 e. The van der Waals surface area contributed by atoms with Crippen LogP contribution in [0.4, 0.5) is 0 Å². The van der Waals surface area contributed by atoms with Crippen molar-refractivity contribution < 1.29 is 9.53 Å². The Bertz CT molecular complexity index is 432. The molecule has 3 rings (SSSR count). The van der Waals surface area contributed by atoms with E-state index in [-0.39, 0.29) is 36.4 Å². The molecule has 1 spiro atoms. The second-order valence-corrected chi connectivity index (χ2v) is 6.73. The molecule has 3 aliphatic rings. The van der Waals surface area contributed by atoms with E-state index in [2.05, 4.69) is 22.1 Å². The Labute approximate surface area is 156 Å². The first-order chi connectivity index (χ1) is 10.7. The molecular formula is C16H29IN4O2. The number of aliphatic imine (C=N–C) groups is 1. The number of nitrogens with one attached hydrogen (secondary N) is 1. The summed E-state index contributed by atoms with van der Waals surface area (Å²) in [5, 5.41) is 3.34. The van der Waals surface area contributed by atoms with Crippen molar-refractivity contribution in [1.29, 1.82) is 0 Å². The highest BCUT2D eigenvalue weighted by Crippen LogP contribution is 2.38. The third-order valence-corrected chi connectivity index (χ3v) is 5.08. The van der Waals surface area contributed by atoms with Crippen LogP contribution in [0.2, 0.25) is 0 Å². The molecule has 0 aromatic heterocycles. The first-order valence-corrected chi connectivity index (χ1v) is 8.61. The summed E-state index contributed by atoms with van der Waals surface area (Å²) in [5.41, 5.74) is 0.315.